The highest BCUT2D eigenvalue weighted by atomic mass is 16.5. The van der Waals surface area contributed by atoms with Crippen molar-refractivity contribution in [3.05, 3.63) is 17.7 Å². The first-order valence-electron chi connectivity index (χ1n) is 11.4. The maximum absolute atomic E-state index is 13.1. The molecule has 7 heteroatoms. The van der Waals surface area contributed by atoms with Crippen molar-refractivity contribution in [2.45, 2.75) is 44.4 Å². The van der Waals surface area contributed by atoms with Crippen molar-refractivity contribution in [3.8, 4) is 17.2 Å². The van der Waals surface area contributed by atoms with Gasteiger partial charge in [-0.15, -0.1) is 0 Å². The van der Waals surface area contributed by atoms with E-state index in [2.05, 4.69) is 5.32 Å². The quantitative estimate of drug-likeness (QED) is 0.686. The average Bonchev–Trinajstić information content (AvgIpc) is 3.27. The van der Waals surface area contributed by atoms with E-state index in [1.165, 1.54) is 12.8 Å². The molecule has 1 N–H and O–H groups in total. The monoisotopic (exact) mass is 430 g/mol. The minimum absolute atomic E-state index is 0.0346. The Morgan fingerprint density at radius 3 is 2.16 bits per heavy atom. The van der Waals surface area contributed by atoms with Gasteiger partial charge < -0.3 is 24.4 Å². The second kappa shape index (κ2) is 9.37. The second-order valence-corrected chi connectivity index (χ2v) is 9.08. The fourth-order valence-electron chi connectivity index (χ4n) is 5.03. The van der Waals surface area contributed by atoms with E-state index in [4.69, 9.17) is 14.2 Å². The number of hydrogen-bond acceptors (Lipinski definition) is 5. The number of amides is 2. The summed E-state index contributed by atoms with van der Waals surface area (Å²) in [6, 6.07) is 3.83. The molecule has 7 nitrogen and oxygen atoms in total. The minimum atomic E-state index is -0.285. The molecule has 2 aliphatic carbocycles. The SMILES string of the molecule is COc1cc(C2CN(C(=O)C3CCCC3)CC2C(=O)NCC2CC2)cc(OC)c1OC. The molecule has 1 aromatic carbocycles. The Labute approximate surface area is 184 Å². The fourth-order valence-corrected chi connectivity index (χ4v) is 5.03. The summed E-state index contributed by atoms with van der Waals surface area (Å²) in [5.74, 6) is 2.21. The van der Waals surface area contributed by atoms with E-state index in [1.54, 1.807) is 21.3 Å². The molecule has 1 aromatic rings. The molecule has 1 heterocycles. The zero-order valence-electron chi connectivity index (χ0n) is 18.8. The summed E-state index contributed by atoms with van der Waals surface area (Å²) in [6.07, 6.45) is 6.53. The van der Waals surface area contributed by atoms with Gasteiger partial charge in [-0.1, -0.05) is 12.8 Å². The molecule has 4 rings (SSSR count). The van der Waals surface area contributed by atoms with Crippen molar-refractivity contribution < 1.29 is 23.8 Å². The Morgan fingerprint density at radius 2 is 1.61 bits per heavy atom. The number of ether oxygens (including phenoxy) is 3. The third-order valence-corrected chi connectivity index (χ3v) is 7.05. The van der Waals surface area contributed by atoms with E-state index in [1.807, 2.05) is 17.0 Å². The van der Waals surface area contributed by atoms with Crippen molar-refractivity contribution in [1.29, 1.82) is 0 Å². The van der Waals surface area contributed by atoms with Gasteiger partial charge in [0.25, 0.3) is 0 Å². The molecule has 1 aliphatic heterocycles. The normalized spacial score (nSPS) is 23.6. The molecule has 0 spiro atoms. The number of methoxy groups -OCH3 is 3. The van der Waals surface area contributed by atoms with Gasteiger partial charge in [-0.25, -0.2) is 0 Å². The van der Waals surface area contributed by atoms with Gasteiger partial charge in [0.1, 0.15) is 0 Å². The van der Waals surface area contributed by atoms with Crippen LogP contribution in [-0.2, 0) is 9.59 Å². The van der Waals surface area contributed by atoms with Gasteiger partial charge in [0.05, 0.1) is 27.2 Å². The number of carbonyl (C=O) groups excluding carboxylic acids is 2. The number of carbonyl (C=O) groups is 2. The highest BCUT2D eigenvalue weighted by Crippen LogP contribution is 2.44. The predicted octanol–water partition coefficient (Wildman–Crippen LogP) is 2.97. The standard InChI is InChI=1S/C24H34N2O5/c1-29-20-10-17(11-21(30-2)22(20)31-3)18-13-26(24(28)16-6-4-5-7-16)14-19(18)23(27)25-12-15-8-9-15/h10-11,15-16,18-19H,4-9,12-14H2,1-3H3,(H,25,27). The van der Waals surface area contributed by atoms with Crippen molar-refractivity contribution in [1.82, 2.24) is 10.2 Å². The van der Waals surface area contributed by atoms with Crippen LogP contribution in [0.5, 0.6) is 17.2 Å². The van der Waals surface area contributed by atoms with E-state index in [-0.39, 0.29) is 29.6 Å². The predicted molar refractivity (Wildman–Crippen MR) is 117 cm³/mol. The minimum Gasteiger partial charge on any atom is -0.493 e. The largest absolute Gasteiger partial charge is 0.493 e. The Kier molecular flexibility index (Phi) is 6.58. The summed E-state index contributed by atoms with van der Waals surface area (Å²) in [5.41, 5.74) is 0.933. The first-order chi connectivity index (χ1) is 15.0. The van der Waals surface area contributed by atoms with Crippen LogP contribution in [0, 0.1) is 17.8 Å². The molecule has 31 heavy (non-hydrogen) atoms. The van der Waals surface area contributed by atoms with E-state index < -0.39 is 0 Å². The van der Waals surface area contributed by atoms with Gasteiger partial charge >= 0.3 is 0 Å². The second-order valence-electron chi connectivity index (χ2n) is 9.08. The van der Waals surface area contributed by atoms with E-state index in [0.29, 0.717) is 36.3 Å². The number of nitrogens with zero attached hydrogens (tertiary/aromatic N) is 1. The lowest BCUT2D eigenvalue weighted by Crippen LogP contribution is -2.37. The van der Waals surface area contributed by atoms with E-state index in [9.17, 15) is 9.59 Å². The van der Waals surface area contributed by atoms with Crippen molar-refractivity contribution in [2.24, 2.45) is 17.8 Å². The summed E-state index contributed by atoms with van der Waals surface area (Å²) in [4.78, 5) is 28.2. The first kappa shape index (κ1) is 21.8. The number of rotatable bonds is 8. The molecule has 2 amide bonds. The molecule has 0 radical (unpaired) electrons. The fraction of sp³-hybridized carbons (Fsp3) is 0.667. The molecule has 0 aromatic heterocycles. The lowest BCUT2D eigenvalue weighted by Gasteiger charge is -2.21. The first-order valence-corrected chi connectivity index (χ1v) is 11.4. The van der Waals surface area contributed by atoms with Gasteiger partial charge in [-0.05, 0) is 49.3 Å². The zero-order chi connectivity index (χ0) is 22.0. The smallest absolute Gasteiger partial charge is 0.225 e. The maximum Gasteiger partial charge on any atom is 0.225 e. The summed E-state index contributed by atoms with van der Waals surface area (Å²) in [5, 5.41) is 3.13. The van der Waals surface area contributed by atoms with Crippen LogP contribution in [0.3, 0.4) is 0 Å². The van der Waals surface area contributed by atoms with E-state index >= 15 is 0 Å². The molecule has 2 atom stereocenters. The molecule has 170 valence electrons. The lowest BCUT2D eigenvalue weighted by atomic mass is 9.88. The van der Waals surface area contributed by atoms with Gasteiger partial charge in [0.15, 0.2) is 11.5 Å². The van der Waals surface area contributed by atoms with Crippen LogP contribution in [-0.4, -0.2) is 57.7 Å². The van der Waals surface area contributed by atoms with Crippen molar-refractivity contribution in [3.63, 3.8) is 0 Å². The number of nitrogens with one attached hydrogen (secondary N) is 1. The van der Waals surface area contributed by atoms with E-state index in [0.717, 1.165) is 37.8 Å². The average molecular weight is 431 g/mol. The maximum atomic E-state index is 13.1. The van der Waals surface area contributed by atoms with Crippen LogP contribution in [0.1, 0.15) is 50.0 Å². The van der Waals surface area contributed by atoms with Crippen LogP contribution in [0.2, 0.25) is 0 Å². The van der Waals surface area contributed by atoms with Crippen LogP contribution >= 0.6 is 0 Å². The van der Waals surface area contributed by atoms with Crippen LogP contribution in [0.15, 0.2) is 12.1 Å². The Hall–Kier alpha value is -2.44. The van der Waals surface area contributed by atoms with Gasteiger partial charge in [0.2, 0.25) is 17.6 Å². The molecule has 3 fully saturated rings. The van der Waals surface area contributed by atoms with Crippen molar-refractivity contribution >= 4 is 11.8 Å². The Balaban J connectivity index is 1.61. The summed E-state index contributed by atoms with van der Waals surface area (Å²) >= 11 is 0. The zero-order valence-corrected chi connectivity index (χ0v) is 18.8. The number of likely N-dealkylation sites (tertiary alicyclic amines) is 1. The van der Waals surface area contributed by atoms with Crippen LogP contribution < -0.4 is 19.5 Å². The third-order valence-electron chi connectivity index (χ3n) is 7.05. The van der Waals surface area contributed by atoms with Crippen molar-refractivity contribution in [2.75, 3.05) is 41.0 Å². The molecule has 2 unspecified atom stereocenters. The molecular formula is C24H34N2O5. The Morgan fingerprint density at radius 1 is 0.968 bits per heavy atom. The van der Waals surface area contributed by atoms with Crippen LogP contribution in [0.4, 0.5) is 0 Å². The topological polar surface area (TPSA) is 77.1 Å². The molecule has 0 bridgehead atoms. The highest BCUT2D eigenvalue weighted by Gasteiger charge is 2.43. The summed E-state index contributed by atoms with van der Waals surface area (Å²) in [6.45, 7) is 1.73. The molecule has 1 saturated heterocycles. The number of benzene rings is 1. The number of hydrogen-bond donors (Lipinski definition) is 1. The lowest BCUT2D eigenvalue weighted by molar-refractivity contribution is -0.134. The Bertz CT molecular complexity index is 791. The highest BCUT2D eigenvalue weighted by molar-refractivity contribution is 5.84. The van der Waals surface area contributed by atoms with Gasteiger partial charge in [0, 0.05) is 31.5 Å². The van der Waals surface area contributed by atoms with Gasteiger partial charge in [-0.3, -0.25) is 9.59 Å². The molecule has 3 aliphatic rings. The summed E-state index contributed by atoms with van der Waals surface area (Å²) < 4.78 is 16.5. The van der Waals surface area contributed by atoms with Crippen LogP contribution in [0.25, 0.3) is 0 Å². The van der Waals surface area contributed by atoms with Gasteiger partial charge in [-0.2, -0.15) is 0 Å². The molecular weight excluding hydrogens is 396 g/mol. The summed E-state index contributed by atoms with van der Waals surface area (Å²) in [7, 11) is 4.75. The molecule has 2 saturated carbocycles. The third kappa shape index (κ3) is 4.60.